The first-order chi connectivity index (χ1) is 9.73. The van der Waals surface area contributed by atoms with E-state index < -0.39 is 20.0 Å². The summed E-state index contributed by atoms with van der Waals surface area (Å²) < 4.78 is 22.7. The average Bonchev–Trinajstić information content (AvgIpc) is 2.46. The Balaban J connectivity index is 2.32. The van der Waals surface area contributed by atoms with Crippen molar-refractivity contribution >= 4 is 21.4 Å². The van der Waals surface area contributed by atoms with Crippen LogP contribution in [0.15, 0.2) is 54.6 Å². The van der Waals surface area contributed by atoms with Gasteiger partial charge in [-0.25, -0.2) is 8.42 Å². The normalized spacial score (nSPS) is 13.9. The monoisotopic (exact) mass is 322 g/mol. The molecular weight excluding hydrogens is 304 g/mol. The van der Waals surface area contributed by atoms with Crippen molar-refractivity contribution in [2.75, 3.05) is 6.26 Å². The SMILES string of the molecule is CC(C)(C(Cl)c1ccc(-c2ccccc2)cc1)S(C)(=O)=O. The van der Waals surface area contributed by atoms with Gasteiger partial charge in [-0.2, -0.15) is 0 Å². The van der Waals surface area contributed by atoms with Crippen molar-refractivity contribution in [1.82, 2.24) is 0 Å². The molecule has 0 aliphatic rings. The van der Waals surface area contributed by atoms with E-state index in [1.54, 1.807) is 13.8 Å². The maximum atomic E-state index is 11.9. The fraction of sp³-hybridized carbons (Fsp3) is 0.294. The van der Waals surface area contributed by atoms with Crippen molar-refractivity contribution in [3.8, 4) is 11.1 Å². The van der Waals surface area contributed by atoms with Crippen molar-refractivity contribution in [2.45, 2.75) is 24.0 Å². The molecule has 21 heavy (non-hydrogen) atoms. The van der Waals surface area contributed by atoms with E-state index in [9.17, 15) is 8.42 Å². The maximum absolute atomic E-state index is 11.9. The topological polar surface area (TPSA) is 34.1 Å². The summed E-state index contributed by atoms with van der Waals surface area (Å²) in [6, 6.07) is 17.7. The minimum atomic E-state index is -3.24. The van der Waals surface area contributed by atoms with Crippen LogP contribution in [0.1, 0.15) is 24.8 Å². The molecule has 2 aromatic carbocycles. The van der Waals surface area contributed by atoms with E-state index in [2.05, 4.69) is 0 Å². The highest BCUT2D eigenvalue weighted by atomic mass is 35.5. The first kappa shape index (κ1) is 16.1. The third kappa shape index (κ3) is 3.30. The summed E-state index contributed by atoms with van der Waals surface area (Å²) >= 11 is 6.40. The molecule has 2 aromatic rings. The van der Waals surface area contributed by atoms with Crippen LogP contribution in [0, 0.1) is 0 Å². The van der Waals surface area contributed by atoms with Gasteiger partial charge in [-0.3, -0.25) is 0 Å². The predicted octanol–water partition coefficient (Wildman–Crippen LogP) is 4.46. The molecule has 0 fully saturated rings. The van der Waals surface area contributed by atoms with E-state index >= 15 is 0 Å². The number of benzene rings is 2. The highest BCUT2D eigenvalue weighted by molar-refractivity contribution is 7.92. The summed E-state index contributed by atoms with van der Waals surface area (Å²) in [5, 5.41) is -0.586. The zero-order valence-electron chi connectivity index (χ0n) is 12.4. The van der Waals surface area contributed by atoms with Gasteiger partial charge in [0.15, 0.2) is 9.84 Å². The van der Waals surface area contributed by atoms with Crippen LogP contribution in [-0.4, -0.2) is 19.4 Å². The number of alkyl halides is 1. The van der Waals surface area contributed by atoms with Gasteiger partial charge in [0.1, 0.15) is 0 Å². The molecule has 2 nitrogen and oxygen atoms in total. The van der Waals surface area contributed by atoms with Crippen LogP contribution in [0.4, 0.5) is 0 Å². The van der Waals surface area contributed by atoms with Crippen LogP contribution in [0.2, 0.25) is 0 Å². The van der Waals surface area contributed by atoms with Gasteiger partial charge in [0.2, 0.25) is 0 Å². The van der Waals surface area contributed by atoms with Crippen LogP contribution >= 0.6 is 11.6 Å². The number of hydrogen-bond acceptors (Lipinski definition) is 2. The van der Waals surface area contributed by atoms with E-state index in [0.29, 0.717) is 0 Å². The van der Waals surface area contributed by atoms with E-state index in [-0.39, 0.29) is 0 Å². The number of halogens is 1. The van der Waals surface area contributed by atoms with Crippen molar-refractivity contribution in [3.05, 3.63) is 60.2 Å². The molecule has 0 saturated heterocycles. The Morgan fingerprint density at radius 1 is 0.905 bits per heavy atom. The van der Waals surface area contributed by atoms with Gasteiger partial charge < -0.3 is 0 Å². The van der Waals surface area contributed by atoms with Crippen molar-refractivity contribution in [2.24, 2.45) is 0 Å². The highest BCUT2D eigenvalue weighted by Crippen LogP contribution is 2.38. The van der Waals surface area contributed by atoms with Crippen LogP contribution in [0.5, 0.6) is 0 Å². The summed E-state index contributed by atoms with van der Waals surface area (Å²) in [5.41, 5.74) is 3.02. The fourth-order valence-corrected chi connectivity index (χ4v) is 3.21. The quantitative estimate of drug-likeness (QED) is 0.779. The molecule has 0 heterocycles. The smallest absolute Gasteiger partial charge is 0.154 e. The molecule has 1 unspecified atom stereocenters. The van der Waals surface area contributed by atoms with E-state index in [1.165, 1.54) is 6.26 Å². The molecule has 2 rings (SSSR count). The average molecular weight is 323 g/mol. The Morgan fingerprint density at radius 2 is 1.38 bits per heavy atom. The Labute approximate surface area is 131 Å². The number of sulfone groups is 1. The lowest BCUT2D eigenvalue weighted by Gasteiger charge is -2.28. The lowest BCUT2D eigenvalue weighted by Crippen LogP contribution is -2.35. The maximum Gasteiger partial charge on any atom is 0.154 e. The largest absolute Gasteiger partial charge is 0.229 e. The fourth-order valence-electron chi connectivity index (χ4n) is 2.06. The molecule has 4 heteroatoms. The molecule has 0 aliphatic carbocycles. The molecule has 0 spiro atoms. The molecule has 0 N–H and O–H groups in total. The van der Waals surface area contributed by atoms with Crippen LogP contribution in [-0.2, 0) is 9.84 Å². The molecule has 0 aromatic heterocycles. The Bertz CT molecular complexity index is 704. The molecular formula is C17H19ClO2S. The van der Waals surface area contributed by atoms with Gasteiger partial charge in [-0.15, -0.1) is 11.6 Å². The number of hydrogen-bond donors (Lipinski definition) is 0. The second kappa shape index (κ2) is 5.82. The van der Waals surface area contributed by atoms with Gasteiger partial charge in [0.25, 0.3) is 0 Å². The van der Waals surface area contributed by atoms with Gasteiger partial charge >= 0.3 is 0 Å². The minimum Gasteiger partial charge on any atom is -0.229 e. The molecule has 0 saturated carbocycles. The summed E-state index contributed by atoms with van der Waals surface area (Å²) in [5.74, 6) is 0. The lowest BCUT2D eigenvalue weighted by atomic mass is 9.98. The van der Waals surface area contributed by atoms with Gasteiger partial charge in [-0.05, 0) is 30.5 Å². The third-order valence-corrected chi connectivity index (χ3v) is 6.95. The first-order valence-corrected chi connectivity index (χ1v) is 9.05. The molecule has 112 valence electrons. The van der Waals surface area contributed by atoms with E-state index in [1.807, 2.05) is 54.6 Å². The zero-order chi connectivity index (χ0) is 15.7. The molecule has 0 aliphatic heterocycles. The highest BCUT2D eigenvalue weighted by Gasteiger charge is 2.38. The van der Waals surface area contributed by atoms with Gasteiger partial charge in [-0.1, -0.05) is 54.6 Å². The van der Waals surface area contributed by atoms with Crippen LogP contribution < -0.4 is 0 Å². The molecule has 0 bridgehead atoms. The summed E-state index contributed by atoms with van der Waals surface area (Å²) in [4.78, 5) is 0. The summed E-state index contributed by atoms with van der Waals surface area (Å²) in [7, 11) is -3.24. The Hall–Kier alpha value is -1.32. The third-order valence-electron chi connectivity index (χ3n) is 3.88. The number of rotatable bonds is 4. The standard InChI is InChI=1S/C17H19ClO2S/c1-17(2,21(3,19)20)16(18)15-11-9-14(10-12-15)13-7-5-4-6-8-13/h4-12,16H,1-3H3. The lowest BCUT2D eigenvalue weighted by molar-refractivity contribution is 0.544. The van der Waals surface area contributed by atoms with Crippen LogP contribution in [0.25, 0.3) is 11.1 Å². The molecule has 0 amide bonds. The van der Waals surface area contributed by atoms with E-state index in [0.717, 1.165) is 16.7 Å². The Morgan fingerprint density at radius 3 is 1.86 bits per heavy atom. The van der Waals surface area contributed by atoms with Crippen molar-refractivity contribution < 1.29 is 8.42 Å². The van der Waals surface area contributed by atoms with E-state index in [4.69, 9.17) is 11.6 Å². The van der Waals surface area contributed by atoms with Crippen LogP contribution in [0.3, 0.4) is 0 Å². The zero-order valence-corrected chi connectivity index (χ0v) is 13.9. The van der Waals surface area contributed by atoms with Crippen molar-refractivity contribution in [1.29, 1.82) is 0 Å². The van der Waals surface area contributed by atoms with Gasteiger partial charge in [0.05, 0.1) is 10.1 Å². The predicted molar refractivity (Wildman–Crippen MR) is 89.4 cm³/mol. The summed E-state index contributed by atoms with van der Waals surface area (Å²) in [6.07, 6.45) is 1.22. The minimum absolute atomic E-state index is 0.586. The summed E-state index contributed by atoms with van der Waals surface area (Å²) in [6.45, 7) is 3.32. The molecule has 1 atom stereocenters. The molecule has 0 radical (unpaired) electrons. The Kier molecular flexibility index (Phi) is 4.45. The second-order valence-electron chi connectivity index (χ2n) is 5.73. The first-order valence-electron chi connectivity index (χ1n) is 6.72. The second-order valence-corrected chi connectivity index (χ2v) is 8.76. The van der Waals surface area contributed by atoms with Crippen molar-refractivity contribution in [3.63, 3.8) is 0 Å². The van der Waals surface area contributed by atoms with Gasteiger partial charge in [0, 0.05) is 6.26 Å².